The van der Waals surface area contributed by atoms with Crippen LogP contribution in [0.15, 0.2) is 42.5 Å². The molecule has 1 rings (SSSR count). The lowest BCUT2D eigenvalue weighted by atomic mass is 10.1. The Balaban J connectivity index is 2.81. The molecule has 0 heterocycles. The lowest BCUT2D eigenvalue weighted by molar-refractivity contribution is -0.147. The van der Waals surface area contributed by atoms with E-state index in [0.29, 0.717) is 6.61 Å². The number of ether oxygens (including phenoxy) is 2. The van der Waals surface area contributed by atoms with Crippen LogP contribution in [0.4, 0.5) is 0 Å². The van der Waals surface area contributed by atoms with E-state index in [0.717, 1.165) is 5.56 Å². The first-order valence-corrected chi connectivity index (χ1v) is 6.52. The summed E-state index contributed by atoms with van der Waals surface area (Å²) in [6.45, 7) is 3.66. The van der Waals surface area contributed by atoms with Gasteiger partial charge in [0.2, 0.25) is 0 Å². The van der Waals surface area contributed by atoms with Crippen molar-refractivity contribution in [3.63, 3.8) is 0 Å². The highest BCUT2D eigenvalue weighted by atomic mass is 16.6. The standard InChI is InChI=1S/C18H18O3/c1-4-14-20-15-8-12-18(3,21-16(2)19)13-11-17-9-6-5-7-10-17/h1,5-10,12H,14-15H2,2-3H3/b12-8+. The zero-order chi connectivity index (χ0) is 15.6. The van der Waals surface area contributed by atoms with Gasteiger partial charge in [-0.1, -0.05) is 36.1 Å². The van der Waals surface area contributed by atoms with Crippen LogP contribution in [0.2, 0.25) is 0 Å². The minimum Gasteiger partial charge on any atom is -0.443 e. The number of rotatable bonds is 5. The van der Waals surface area contributed by atoms with E-state index in [4.69, 9.17) is 15.9 Å². The fourth-order valence-electron chi connectivity index (χ4n) is 1.58. The topological polar surface area (TPSA) is 35.5 Å². The number of carbonyl (C=O) groups is 1. The molecule has 0 saturated heterocycles. The molecule has 0 aliphatic heterocycles. The monoisotopic (exact) mass is 282 g/mol. The van der Waals surface area contributed by atoms with Crippen LogP contribution in [0.3, 0.4) is 0 Å². The Labute approximate surface area is 126 Å². The second-order valence-electron chi connectivity index (χ2n) is 4.44. The first kappa shape index (κ1) is 16.6. The van der Waals surface area contributed by atoms with Crippen molar-refractivity contribution in [1.82, 2.24) is 0 Å². The molecule has 108 valence electrons. The Morgan fingerprint density at radius 3 is 2.71 bits per heavy atom. The first-order chi connectivity index (χ1) is 10.1. The molecule has 0 aliphatic carbocycles. The fourth-order valence-corrected chi connectivity index (χ4v) is 1.58. The summed E-state index contributed by atoms with van der Waals surface area (Å²) in [4.78, 5) is 11.2. The lowest BCUT2D eigenvalue weighted by Crippen LogP contribution is -2.26. The van der Waals surface area contributed by atoms with Gasteiger partial charge in [-0.15, -0.1) is 6.42 Å². The van der Waals surface area contributed by atoms with Gasteiger partial charge in [-0.3, -0.25) is 4.79 Å². The normalized spacial score (nSPS) is 12.8. The average Bonchev–Trinajstić information content (AvgIpc) is 2.45. The SMILES string of the molecule is C#CCOC/C=C/C(C)(C#Cc1ccccc1)OC(C)=O. The summed E-state index contributed by atoms with van der Waals surface area (Å²) in [6, 6.07) is 9.49. The number of carbonyl (C=O) groups excluding carboxylic acids is 1. The van der Waals surface area contributed by atoms with Gasteiger partial charge < -0.3 is 9.47 Å². The second kappa shape index (κ2) is 8.64. The molecule has 0 spiro atoms. The Morgan fingerprint density at radius 1 is 1.38 bits per heavy atom. The van der Waals surface area contributed by atoms with Gasteiger partial charge in [0.1, 0.15) is 6.61 Å². The highest BCUT2D eigenvalue weighted by molar-refractivity contribution is 5.67. The molecule has 0 saturated carbocycles. The summed E-state index contributed by atoms with van der Waals surface area (Å²) in [6.07, 6.45) is 8.52. The van der Waals surface area contributed by atoms with E-state index in [2.05, 4.69) is 17.8 Å². The van der Waals surface area contributed by atoms with E-state index in [1.807, 2.05) is 30.3 Å². The van der Waals surface area contributed by atoms with E-state index in [1.54, 1.807) is 19.1 Å². The molecule has 1 atom stereocenters. The molecule has 0 aliphatic rings. The fraction of sp³-hybridized carbons (Fsp3) is 0.278. The zero-order valence-electron chi connectivity index (χ0n) is 12.3. The molecule has 1 aromatic carbocycles. The molecule has 0 fully saturated rings. The van der Waals surface area contributed by atoms with Crippen molar-refractivity contribution in [2.45, 2.75) is 19.4 Å². The third-order valence-electron chi connectivity index (χ3n) is 2.42. The molecular weight excluding hydrogens is 264 g/mol. The van der Waals surface area contributed by atoms with Crippen LogP contribution < -0.4 is 0 Å². The van der Waals surface area contributed by atoms with Crippen LogP contribution in [0, 0.1) is 24.2 Å². The van der Waals surface area contributed by atoms with E-state index in [9.17, 15) is 4.79 Å². The van der Waals surface area contributed by atoms with Crippen molar-refractivity contribution in [2.24, 2.45) is 0 Å². The molecule has 3 heteroatoms. The molecule has 0 bridgehead atoms. The largest absolute Gasteiger partial charge is 0.443 e. The molecule has 21 heavy (non-hydrogen) atoms. The van der Waals surface area contributed by atoms with Crippen molar-refractivity contribution in [1.29, 1.82) is 0 Å². The predicted octanol–water partition coefficient (Wildman–Crippen LogP) is 2.57. The predicted molar refractivity (Wildman–Crippen MR) is 82.3 cm³/mol. The summed E-state index contributed by atoms with van der Waals surface area (Å²) in [5.41, 5.74) is -0.144. The Morgan fingerprint density at radius 2 is 2.10 bits per heavy atom. The molecular formula is C18H18O3. The quantitative estimate of drug-likeness (QED) is 0.360. The smallest absolute Gasteiger partial charge is 0.304 e. The molecule has 3 nitrogen and oxygen atoms in total. The van der Waals surface area contributed by atoms with Gasteiger partial charge in [-0.25, -0.2) is 0 Å². The van der Waals surface area contributed by atoms with Crippen LogP contribution in [0.5, 0.6) is 0 Å². The zero-order valence-corrected chi connectivity index (χ0v) is 12.3. The third kappa shape index (κ3) is 7.01. The Bertz CT molecular complexity index is 584. The highest BCUT2D eigenvalue weighted by Crippen LogP contribution is 2.12. The maximum absolute atomic E-state index is 11.2. The first-order valence-electron chi connectivity index (χ1n) is 6.52. The van der Waals surface area contributed by atoms with Gasteiger partial charge >= 0.3 is 5.97 Å². The van der Waals surface area contributed by atoms with Crippen LogP contribution in [-0.2, 0) is 14.3 Å². The van der Waals surface area contributed by atoms with Gasteiger partial charge in [-0.2, -0.15) is 0 Å². The summed E-state index contributed by atoms with van der Waals surface area (Å²) in [7, 11) is 0. The van der Waals surface area contributed by atoms with Crippen LogP contribution in [0.25, 0.3) is 0 Å². The summed E-state index contributed by atoms with van der Waals surface area (Å²) in [5.74, 6) is 7.93. The summed E-state index contributed by atoms with van der Waals surface area (Å²) in [5, 5.41) is 0. The number of benzene rings is 1. The van der Waals surface area contributed by atoms with E-state index >= 15 is 0 Å². The van der Waals surface area contributed by atoms with Gasteiger partial charge in [0.25, 0.3) is 0 Å². The lowest BCUT2D eigenvalue weighted by Gasteiger charge is -2.19. The Hall–Kier alpha value is -2.49. The summed E-state index contributed by atoms with van der Waals surface area (Å²) < 4.78 is 10.4. The van der Waals surface area contributed by atoms with E-state index < -0.39 is 11.6 Å². The number of esters is 1. The molecule has 1 unspecified atom stereocenters. The third-order valence-corrected chi connectivity index (χ3v) is 2.42. The summed E-state index contributed by atoms with van der Waals surface area (Å²) >= 11 is 0. The molecule has 0 aromatic heterocycles. The van der Waals surface area contributed by atoms with Crippen LogP contribution in [0.1, 0.15) is 19.4 Å². The minimum absolute atomic E-state index is 0.240. The molecule has 0 N–H and O–H groups in total. The van der Waals surface area contributed by atoms with Crippen molar-refractivity contribution in [2.75, 3.05) is 13.2 Å². The van der Waals surface area contributed by atoms with Gasteiger partial charge in [0, 0.05) is 12.5 Å². The van der Waals surface area contributed by atoms with Crippen molar-refractivity contribution in [3.05, 3.63) is 48.0 Å². The van der Waals surface area contributed by atoms with Gasteiger partial charge in [0.05, 0.1) is 6.61 Å². The van der Waals surface area contributed by atoms with Gasteiger partial charge in [-0.05, 0) is 31.1 Å². The van der Waals surface area contributed by atoms with Crippen molar-refractivity contribution in [3.8, 4) is 24.2 Å². The van der Waals surface area contributed by atoms with E-state index in [-0.39, 0.29) is 6.61 Å². The number of terminal acetylenes is 1. The van der Waals surface area contributed by atoms with Gasteiger partial charge in [0.15, 0.2) is 5.60 Å². The van der Waals surface area contributed by atoms with Crippen LogP contribution in [-0.4, -0.2) is 24.8 Å². The Kier molecular flexibility index (Phi) is 6.81. The molecule has 0 amide bonds. The minimum atomic E-state index is -0.999. The number of hydrogen-bond acceptors (Lipinski definition) is 3. The average molecular weight is 282 g/mol. The van der Waals surface area contributed by atoms with Crippen molar-refractivity contribution >= 4 is 5.97 Å². The van der Waals surface area contributed by atoms with E-state index in [1.165, 1.54) is 6.92 Å². The van der Waals surface area contributed by atoms with Crippen molar-refractivity contribution < 1.29 is 14.3 Å². The highest BCUT2D eigenvalue weighted by Gasteiger charge is 2.21. The molecule has 0 radical (unpaired) electrons. The maximum Gasteiger partial charge on any atom is 0.304 e. The second-order valence-corrected chi connectivity index (χ2v) is 4.44. The maximum atomic E-state index is 11.2. The van der Waals surface area contributed by atoms with Crippen LogP contribution >= 0.6 is 0 Å². The number of hydrogen-bond donors (Lipinski definition) is 0. The molecule has 1 aromatic rings.